The SMILES string of the molecule is Cc1cc(C(=O)Nc2ccccc2Nc2ccccc2)c2c(C)noc2n1. The van der Waals surface area contributed by atoms with Gasteiger partial charge in [-0.1, -0.05) is 35.5 Å². The zero-order valence-electron chi connectivity index (χ0n) is 15.0. The molecule has 0 saturated heterocycles. The molecular formula is C21H18N4O2. The minimum absolute atomic E-state index is 0.237. The van der Waals surface area contributed by atoms with Crippen LogP contribution >= 0.6 is 0 Å². The molecule has 0 unspecified atom stereocenters. The average molecular weight is 358 g/mol. The lowest BCUT2D eigenvalue weighted by atomic mass is 10.1. The zero-order chi connectivity index (χ0) is 18.8. The van der Waals surface area contributed by atoms with Crippen molar-refractivity contribution in [1.82, 2.24) is 10.1 Å². The van der Waals surface area contributed by atoms with Gasteiger partial charge >= 0.3 is 0 Å². The van der Waals surface area contributed by atoms with Crippen LogP contribution in [0.15, 0.2) is 65.2 Å². The van der Waals surface area contributed by atoms with Gasteiger partial charge in [0.1, 0.15) is 0 Å². The Balaban J connectivity index is 1.67. The second kappa shape index (κ2) is 6.92. The van der Waals surface area contributed by atoms with Gasteiger partial charge in [-0.15, -0.1) is 0 Å². The predicted octanol–water partition coefficient (Wildman–Crippen LogP) is 4.84. The van der Waals surface area contributed by atoms with Crippen molar-refractivity contribution in [3.05, 3.63) is 77.6 Å². The van der Waals surface area contributed by atoms with Crippen molar-refractivity contribution >= 4 is 34.1 Å². The smallest absolute Gasteiger partial charge is 0.258 e. The molecule has 0 aliphatic heterocycles. The summed E-state index contributed by atoms with van der Waals surface area (Å²) in [6, 6.07) is 19.1. The molecule has 2 heterocycles. The Hall–Kier alpha value is -3.67. The van der Waals surface area contributed by atoms with Crippen molar-refractivity contribution in [2.45, 2.75) is 13.8 Å². The minimum atomic E-state index is -0.237. The molecule has 0 fully saturated rings. The molecule has 6 heteroatoms. The van der Waals surface area contributed by atoms with E-state index in [1.165, 1.54) is 0 Å². The average Bonchev–Trinajstić information content (AvgIpc) is 3.04. The van der Waals surface area contributed by atoms with Crippen LogP contribution in [0, 0.1) is 13.8 Å². The zero-order valence-corrected chi connectivity index (χ0v) is 15.0. The molecule has 1 amide bonds. The summed E-state index contributed by atoms with van der Waals surface area (Å²) in [7, 11) is 0. The fourth-order valence-electron chi connectivity index (χ4n) is 2.96. The number of nitrogens with one attached hydrogen (secondary N) is 2. The third-order valence-corrected chi connectivity index (χ3v) is 4.22. The summed E-state index contributed by atoms with van der Waals surface area (Å²) in [5.74, 6) is -0.237. The molecule has 134 valence electrons. The fraction of sp³-hybridized carbons (Fsp3) is 0.0952. The third kappa shape index (κ3) is 3.37. The van der Waals surface area contributed by atoms with Gasteiger partial charge in [-0.2, -0.15) is 0 Å². The van der Waals surface area contributed by atoms with E-state index in [1.807, 2.05) is 61.5 Å². The van der Waals surface area contributed by atoms with Crippen LogP contribution in [0.3, 0.4) is 0 Å². The Kier molecular flexibility index (Phi) is 4.30. The highest BCUT2D eigenvalue weighted by Crippen LogP contribution is 2.27. The highest BCUT2D eigenvalue weighted by molar-refractivity contribution is 6.13. The van der Waals surface area contributed by atoms with Crippen LogP contribution in [-0.4, -0.2) is 16.0 Å². The second-order valence-corrected chi connectivity index (χ2v) is 6.25. The van der Waals surface area contributed by atoms with Crippen molar-refractivity contribution < 1.29 is 9.32 Å². The Morgan fingerprint density at radius 2 is 1.67 bits per heavy atom. The minimum Gasteiger partial charge on any atom is -0.354 e. The van der Waals surface area contributed by atoms with Crippen molar-refractivity contribution in [3.63, 3.8) is 0 Å². The Labute approximate surface area is 156 Å². The highest BCUT2D eigenvalue weighted by Gasteiger charge is 2.18. The molecule has 27 heavy (non-hydrogen) atoms. The number of benzene rings is 2. The first-order valence-electron chi connectivity index (χ1n) is 8.58. The van der Waals surface area contributed by atoms with E-state index in [0.717, 1.165) is 11.4 Å². The van der Waals surface area contributed by atoms with Crippen LogP contribution in [0.1, 0.15) is 21.7 Å². The van der Waals surface area contributed by atoms with E-state index >= 15 is 0 Å². The predicted molar refractivity (Wildman–Crippen MR) is 105 cm³/mol. The largest absolute Gasteiger partial charge is 0.354 e. The number of carbonyl (C=O) groups is 1. The van der Waals surface area contributed by atoms with E-state index in [0.29, 0.717) is 33.7 Å². The Morgan fingerprint density at radius 1 is 0.963 bits per heavy atom. The molecule has 4 rings (SSSR count). The van der Waals surface area contributed by atoms with Crippen molar-refractivity contribution in [2.75, 3.05) is 10.6 Å². The number of aryl methyl sites for hydroxylation is 2. The summed E-state index contributed by atoms with van der Waals surface area (Å²) >= 11 is 0. The van der Waals surface area contributed by atoms with Crippen molar-refractivity contribution in [3.8, 4) is 0 Å². The van der Waals surface area contributed by atoms with Crippen LogP contribution in [0.4, 0.5) is 17.1 Å². The normalized spacial score (nSPS) is 10.7. The number of nitrogens with zero attached hydrogens (tertiary/aromatic N) is 2. The number of hydrogen-bond donors (Lipinski definition) is 2. The first-order chi connectivity index (χ1) is 13.1. The summed E-state index contributed by atoms with van der Waals surface area (Å²) < 4.78 is 5.22. The lowest BCUT2D eigenvalue weighted by Gasteiger charge is -2.13. The molecule has 2 N–H and O–H groups in total. The van der Waals surface area contributed by atoms with E-state index < -0.39 is 0 Å². The number of rotatable bonds is 4. The number of pyridine rings is 1. The van der Waals surface area contributed by atoms with Crippen LogP contribution in [0.25, 0.3) is 11.1 Å². The highest BCUT2D eigenvalue weighted by atomic mass is 16.5. The van der Waals surface area contributed by atoms with Gasteiger partial charge in [0, 0.05) is 11.4 Å². The number of aromatic nitrogens is 2. The Bertz CT molecular complexity index is 1120. The second-order valence-electron chi connectivity index (χ2n) is 6.25. The lowest BCUT2D eigenvalue weighted by molar-refractivity contribution is 0.102. The number of anilines is 3. The van der Waals surface area contributed by atoms with Crippen molar-refractivity contribution in [2.24, 2.45) is 0 Å². The van der Waals surface area contributed by atoms with E-state index in [4.69, 9.17) is 4.52 Å². The topological polar surface area (TPSA) is 80.0 Å². The number of para-hydroxylation sites is 3. The van der Waals surface area contributed by atoms with Gasteiger partial charge in [-0.3, -0.25) is 4.79 Å². The molecule has 2 aromatic heterocycles. The number of fused-ring (bicyclic) bond motifs is 1. The number of amides is 1. The molecule has 4 aromatic rings. The van der Waals surface area contributed by atoms with Crippen LogP contribution in [-0.2, 0) is 0 Å². The van der Waals surface area contributed by atoms with E-state index in [-0.39, 0.29) is 5.91 Å². The quantitative estimate of drug-likeness (QED) is 0.546. The maximum atomic E-state index is 13.0. The summed E-state index contributed by atoms with van der Waals surface area (Å²) in [6.07, 6.45) is 0. The molecule has 0 bridgehead atoms. The van der Waals surface area contributed by atoms with Crippen LogP contribution in [0.2, 0.25) is 0 Å². The summed E-state index contributed by atoms with van der Waals surface area (Å²) in [5, 5.41) is 10.9. The van der Waals surface area contributed by atoms with Gasteiger partial charge in [0.25, 0.3) is 11.6 Å². The summed E-state index contributed by atoms with van der Waals surface area (Å²) in [5.41, 5.74) is 4.62. The van der Waals surface area contributed by atoms with E-state index in [1.54, 1.807) is 13.0 Å². The van der Waals surface area contributed by atoms with Gasteiger partial charge in [-0.05, 0) is 44.2 Å². The lowest BCUT2D eigenvalue weighted by Crippen LogP contribution is -2.14. The maximum Gasteiger partial charge on any atom is 0.258 e. The van der Waals surface area contributed by atoms with E-state index in [2.05, 4.69) is 20.8 Å². The van der Waals surface area contributed by atoms with Crippen molar-refractivity contribution in [1.29, 1.82) is 0 Å². The first-order valence-corrected chi connectivity index (χ1v) is 8.58. The van der Waals surface area contributed by atoms with Gasteiger partial charge in [-0.25, -0.2) is 4.98 Å². The molecule has 0 atom stereocenters. The third-order valence-electron chi connectivity index (χ3n) is 4.22. The molecule has 6 nitrogen and oxygen atoms in total. The molecule has 2 aromatic carbocycles. The Morgan fingerprint density at radius 3 is 2.44 bits per heavy atom. The number of carbonyl (C=O) groups excluding carboxylic acids is 1. The molecule has 0 spiro atoms. The standard InChI is InChI=1S/C21H18N4O2/c1-13-12-16(19-14(2)25-27-21(19)22-13)20(26)24-18-11-7-6-10-17(18)23-15-8-4-3-5-9-15/h3-12,23H,1-2H3,(H,24,26). The maximum absolute atomic E-state index is 13.0. The molecule has 0 radical (unpaired) electrons. The molecule has 0 saturated carbocycles. The fourth-order valence-corrected chi connectivity index (χ4v) is 2.96. The van der Waals surface area contributed by atoms with Gasteiger partial charge in [0.2, 0.25) is 0 Å². The molecule has 0 aliphatic carbocycles. The molecular weight excluding hydrogens is 340 g/mol. The van der Waals surface area contributed by atoms with E-state index in [9.17, 15) is 4.79 Å². The van der Waals surface area contributed by atoms with Crippen LogP contribution < -0.4 is 10.6 Å². The number of hydrogen-bond acceptors (Lipinski definition) is 5. The van der Waals surface area contributed by atoms with Crippen LogP contribution in [0.5, 0.6) is 0 Å². The van der Waals surface area contributed by atoms with Gasteiger partial charge < -0.3 is 15.2 Å². The summed E-state index contributed by atoms with van der Waals surface area (Å²) in [6.45, 7) is 3.61. The van der Waals surface area contributed by atoms with Gasteiger partial charge in [0.05, 0.1) is 28.0 Å². The monoisotopic (exact) mass is 358 g/mol. The first kappa shape index (κ1) is 16.8. The molecule has 0 aliphatic rings. The van der Waals surface area contributed by atoms with Gasteiger partial charge in [0.15, 0.2) is 0 Å². The summed E-state index contributed by atoms with van der Waals surface area (Å²) in [4.78, 5) is 17.3.